The van der Waals surface area contributed by atoms with E-state index in [1.165, 1.54) is 0 Å². The monoisotopic (exact) mass is 474 g/mol. The molecule has 4 rings (SSSR count). The van der Waals surface area contributed by atoms with Gasteiger partial charge in [-0.2, -0.15) is 0 Å². The number of rotatable bonds is 6. The van der Waals surface area contributed by atoms with Crippen LogP contribution in [0.3, 0.4) is 0 Å². The molecule has 0 aliphatic heterocycles. The Morgan fingerprint density at radius 3 is 2.63 bits per heavy atom. The molecule has 1 unspecified atom stereocenters. The number of anilines is 1. The lowest BCUT2D eigenvalue weighted by Crippen LogP contribution is -2.47. The minimum Gasteiger partial charge on any atom is -0.497 e. The zero-order chi connectivity index (χ0) is 25.2. The number of carbonyl (C=O) groups is 2. The predicted molar refractivity (Wildman–Crippen MR) is 137 cm³/mol. The first kappa shape index (κ1) is 24.1. The highest BCUT2D eigenvalue weighted by Crippen LogP contribution is 2.24. The molecule has 0 saturated carbocycles. The van der Waals surface area contributed by atoms with Crippen LogP contribution in [0.5, 0.6) is 5.75 Å². The van der Waals surface area contributed by atoms with Crippen molar-refractivity contribution < 1.29 is 19.1 Å². The number of ether oxygens (including phenoxy) is 2. The van der Waals surface area contributed by atoms with Crippen LogP contribution >= 0.6 is 0 Å². The van der Waals surface area contributed by atoms with Gasteiger partial charge in [0.05, 0.1) is 24.5 Å². The zero-order valence-corrected chi connectivity index (χ0v) is 20.6. The fourth-order valence-corrected chi connectivity index (χ4v) is 3.99. The van der Waals surface area contributed by atoms with Gasteiger partial charge in [-0.15, -0.1) is 0 Å². The molecule has 0 aliphatic rings. The summed E-state index contributed by atoms with van der Waals surface area (Å²) in [6.45, 7) is 5.34. The minimum absolute atomic E-state index is 0.296. The van der Waals surface area contributed by atoms with E-state index < -0.39 is 17.7 Å². The first-order valence-electron chi connectivity index (χ1n) is 11.4. The highest BCUT2D eigenvalue weighted by atomic mass is 16.6. The average Bonchev–Trinajstić information content (AvgIpc) is 3.12. The maximum atomic E-state index is 13.4. The van der Waals surface area contributed by atoms with Crippen LogP contribution in [0, 0.1) is 0 Å². The maximum Gasteiger partial charge on any atom is 0.408 e. The van der Waals surface area contributed by atoms with Gasteiger partial charge in [0.2, 0.25) is 5.91 Å². The molecule has 8 nitrogen and oxygen atoms in total. The number of amides is 2. The molecule has 0 spiro atoms. The van der Waals surface area contributed by atoms with E-state index >= 15 is 0 Å². The van der Waals surface area contributed by atoms with Crippen molar-refractivity contribution in [2.75, 3.05) is 12.4 Å². The highest BCUT2D eigenvalue weighted by Gasteiger charge is 2.26. The number of hydrogen-bond donors (Lipinski definition) is 2. The van der Waals surface area contributed by atoms with Crippen LogP contribution in [-0.4, -0.2) is 40.3 Å². The minimum atomic E-state index is -0.859. The van der Waals surface area contributed by atoms with Crippen molar-refractivity contribution in [1.82, 2.24) is 14.9 Å². The van der Waals surface area contributed by atoms with Crippen LogP contribution in [0.15, 0.2) is 60.9 Å². The molecule has 8 heteroatoms. The number of hydrogen-bond acceptors (Lipinski definition) is 5. The Bertz CT molecular complexity index is 1390. The van der Waals surface area contributed by atoms with Gasteiger partial charge in [0, 0.05) is 42.0 Å². The van der Waals surface area contributed by atoms with Crippen molar-refractivity contribution in [3.63, 3.8) is 0 Å². The van der Waals surface area contributed by atoms with Crippen LogP contribution < -0.4 is 15.4 Å². The maximum absolute atomic E-state index is 13.4. The molecule has 4 aromatic rings. The van der Waals surface area contributed by atoms with Gasteiger partial charge < -0.3 is 24.7 Å². The van der Waals surface area contributed by atoms with Crippen molar-refractivity contribution >= 4 is 39.5 Å². The van der Waals surface area contributed by atoms with Crippen molar-refractivity contribution in [2.24, 2.45) is 7.05 Å². The summed E-state index contributed by atoms with van der Waals surface area (Å²) in [5, 5.41) is 7.53. The number of nitrogens with one attached hydrogen (secondary N) is 2. The van der Waals surface area contributed by atoms with Crippen LogP contribution in [0.4, 0.5) is 10.5 Å². The topological polar surface area (TPSA) is 94.5 Å². The average molecular weight is 475 g/mol. The number of nitrogens with zero attached hydrogens (tertiary/aromatic N) is 2. The van der Waals surface area contributed by atoms with Crippen LogP contribution in [-0.2, 0) is 23.0 Å². The Hall–Kier alpha value is -4.07. The number of aryl methyl sites for hydroxylation is 1. The van der Waals surface area contributed by atoms with E-state index in [1.54, 1.807) is 34.1 Å². The molecular formula is C27H30N4O4. The molecule has 2 heterocycles. The zero-order valence-electron chi connectivity index (χ0n) is 20.6. The summed E-state index contributed by atoms with van der Waals surface area (Å²) in [5.41, 5.74) is 2.59. The van der Waals surface area contributed by atoms with Gasteiger partial charge in [0.25, 0.3) is 0 Å². The Kier molecular flexibility index (Phi) is 6.64. The van der Waals surface area contributed by atoms with Gasteiger partial charge in [0.1, 0.15) is 17.4 Å². The SMILES string of the molecule is COc1ccc2cc(NC(=O)C(Cc3cn(C)c4ccccc34)NC(=O)OC(C)(C)C)cnc2c1. The van der Waals surface area contributed by atoms with Crippen LogP contribution in [0.2, 0.25) is 0 Å². The lowest BCUT2D eigenvalue weighted by molar-refractivity contribution is -0.118. The van der Waals surface area contributed by atoms with E-state index in [0.717, 1.165) is 27.4 Å². The first-order valence-corrected chi connectivity index (χ1v) is 11.4. The van der Waals surface area contributed by atoms with E-state index in [0.29, 0.717) is 17.9 Å². The Balaban J connectivity index is 1.60. The summed E-state index contributed by atoms with van der Waals surface area (Å²) in [6.07, 6.45) is 3.21. The van der Waals surface area contributed by atoms with Crippen molar-refractivity contribution in [2.45, 2.75) is 38.8 Å². The van der Waals surface area contributed by atoms with E-state index in [4.69, 9.17) is 9.47 Å². The van der Waals surface area contributed by atoms with Gasteiger partial charge in [0.15, 0.2) is 0 Å². The van der Waals surface area contributed by atoms with Gasteiger partial charge >= 0.3 is 6.09 Å². The molecular weight excluding hydrogens is 444 g/mol. The summed E-state index contributed by atoms with van der Waals surface area (Å²) >= 11 is 0. The number of aromatic nitrogens is 2. The van der Waals surface area contributed by atoms with Gasteiger partial charge in [-0.3, -0.25) is 9.78 Å². The summed E-state index contributed by atoms with van der Waals surface area (Å²) in [4.78, 5) is 30.4. The van der Waals surface area contributed by atoms with Crippen LogP contribution in [0.1, 0.15) is 26.3 Å². The van der Waals surface area contributed by atoms with E-state index in [-0.39, 0.29) is 5.91 Å². The van der Waals surface area contributed by atoms with Gasteiger partial charge in [-0.05, 0) is 50.6 Å². The molecule has 0 aliphatic carbocycles. The summed E-state index contributed by atoms with van der Waals surface area (Å²) in [7, 11) is 3.56. The van der Waals surface area contributed by atoms with E-state index in [9.17, 15) is 9.59 Å². The molecule has 0 radical (unpaired) electrons. The molecule has 2 N–H and O–H groups in total. The number of benzene rings is 2. The first-order chi connectivity index (χ1) is 16.6. The van der Waals surface area contributed by atoms with E-state index in [1.807, 2.05) is 66.3 Å². The molecule has 35 heavy (non-hydrogen) atoms. The van der Waals surface area contributed by atoms with Crippen LogP contribution in [0.25, 0.3) is 21.8 Å². The number of fused-ring (bicyclic) bond motifs is 2. The Labute approximate surface area is 204 Å². The smallest absolute Gasteiger partial charge is 0.408 e. The molecule has 2 aromatic carbocycles. The third kappa shape index (κ3) is 5.71. The third-order valence-electron chi connectivity index (χ3n) is 5.57. The van der Waals surface area contributed by atoms with Crippen molar-refractivity contribution in [3.8, 4) is 5.75 Å². The normalized spacial score (nSPS) is 12.4. The van der Waals surface area contributed by atoms with Crippen molar-refractivity contribution in [3.05, 3.63) is 66.5 Å². The molecule has 1 atom stereocenters. The number of alkyl carbamates (subject to hydrolysis) is 1. The second-order valence-electron chi connectivity index (χ2n) is 9.46. The summed E-state index contributed by atoms with van der Waals surface area (Å²) in [6, 6.07) is 14.5. The number of pyridine rings is 1. The third-order valence-corrected chi connectivity index (χ3v) is 5.57. The molecule has 182 valence electrons. The highest BCUT2D eigenvalue weighted by molar-refractivity contribution is 5.98. The number of methoxy groups -OCH3 is 1. The molecule has 0 bridgehead atoms. The molecule has 0 saturated heterocycles. The summed E-state index contributed by atoms with van der Waals surface area (Å²) in [5.74, 6) is 0.344. The van der Waals surface area contributed by atoms with Crippen molar-refractivity contribution in [1.29, 1.82) is 0 Å². The predicted octanol–water partition coefficient (Wildman–Crippen LogP) is 4.81. The second-order valence-corrected chi connectivity index (χ2v) is 9.46. The fourth-order valence-electron chi connectivity index (χ4n) is 3.99. The quantitative estimate of drug-likeness (QED) is 0.418. The molecule has 2 amide bonds. The number of para-hydroxylation sites is 1. The number of carbonyl (C=O) groups excluding carboxylic acids is 2. The molecule has 2 aromatic heterocycles. The second kappa shape index (κ2) is 9.66. The standard InChI is InChI=1S/C27H30N4O4/c1-27(2,3)35-26(33)30-23(13-18-16-31(4)24-9-7-6-8-21(18)24)25(32)29-19-12-17-10-11-20(34-5)14-22(17)28-15-19/h6-12,14-16,23H,13H2,1-5H3,(H,29,32)(H,30,33). The van der Waals surface area contributed by atoms with Gasteiger partial charge in [-0.1, -0.05) is 18.2 Å². The lowest BCUT2D eigenvalue weighted by atomic mass is 10.0. The lowest BCUT2D eigenvalue weighted by Gasteiger charge is -2.23. The van der Waals surface area contributed by atoms with Gasteiger partial charge in [-0.25, -0.2) is 4.79 Å². The largest absolute Gasteiger partial charge is 0.497 e. The molecule has 0 fully saturated rings. The summed E-state index contributed by atoms with van der Waals surface area (Å²) < 4.78 is 12.7. The van der Waals surface area contributed by atoms with E-state index in [2.05, 4.69) is 15.6 Å². The Morgan fingerprint density at radius 2 is 1.89 bits per heavy atom. The fraction of sp³-hybridized carbons (Fsp3) is 0.296. The Morgan fingerprint density at radius 1 is 1.11 bits per heavy atom.